The minimum Gasteiger partial charge on any atom is -0.368 e. The molecular weight excluding hydrogens is 492 g/mol. The zero-order valence-electron chi connectivity index (χ0n) is 20.8. The normalized spacial score (nSPS) is 13.3. The lowest BCUT2D eigenvalue weighted by Gasteiger charge is -2.35. The number of halogens is 1. The number of piperazine rings is 1. The van der Waals surface area contributed by atoms with Gasteiger partial charge in [0, 0.05) is 74.0 Å². The number of benzene rings is 2. The van der Waals surface area contributed by atoms with Gasteiger partial charge in [0.2, 0.25) is 5.91 Å². The van der Waals surface area contributed by atoms with Crippen molar-refractivity contribution < 1.29 is 14.4 Å². The highest BCUT2D eigenvalue weighted by Gasteiger charge is 2.24. The number of carbonyl (C=O) groups excluding carboxylic acids is 3. The van der Waals surface area contributed by atoms with Crippen LogP contribution < -0.4 is 15.5 Å². The smallest absolute Gasteiger partial charge is 0.253 e. The maximum Gasteiger partial charge on any atom is 0.253 e. The molecule has 4 rings (SSSR count). The van der Waals surface area contributed by atoms with Crippen LogP contribution in [0.2, 0.25) is 5.02 Å². The fourth-order valence-electron chi connectivity index (χ4n) is 4.01. The van der Waals surface area contributed by atoms with Crippen molar-refractivity contribution in [2.45, 2.75) is 13.8 Å². The van der Waals surface area contributed by atoms with Crippen LogP contribution in [0.1, 0.15) is 34.6 Å². The van der Waals surface area contributed by atoms with E-state index in [1.807, 2.05) is 23.1 Å². The van der Waals surface area contributed by atoms with Gasteiger partial charge in [-0.15, -0.1) is 0 Å². The van der Waals surface area contributed by atoms with Crippen LogP contribution in [0.25, 0.3) is 11.4 Å². The Morgan fingerprint density at radius 2 is 1.51 bits per heavy atom. The first-order chi connectivity index (χ1) is 17.8. The van der Waals surface area contributed by atoms with Gasteiger partial charge in [0.1, 0.15) is 11.6 Å². The summed E-state index contributed by atoms with van der Waals surface area (Å²) in [6.07, 6.45) is 0. The Labute approximate surface area is 220 Å². The Morgan fingerprint density at radius 1 is 0.865 bits per heavy atom. The molecule has 0 saturated carbocycles. The average molecular weight is 521 g/mol. The van der Waals surface area contributed by atoms with Gasteiger partial charge in [0.25, 0.3) is 5.91 Å². The lowest BCUT2D eigenvalue weighted by molar-refractivity contribution is -0.118. The molecule has 2 heterocycles. The quantitative estimate of drug-likeness (QED) is 0.345. The number of ketones is 1. The van der Waals surface area contributed by atoms with Gasteiger partial charge >= 0.3 is 0 Å². The fourth-order valence-corrected chi connectivity index (χ4v) is 4.14. The van der Waals surface area contributed by atoms with Gasteiger partial charge in [-0.05, 0) is 43.3 Å². The van der Waals surface area contributed by atoms with Crippen molar-refractivity contribution in [3.63, 3.8) is 0 Å². The van der Waals surface area contributed by atoms with E-state index in [4.69, 9.17) is 16.6 Å². The molecule has 2 N–H and O–H groups in total. The molecular formula is C27H29ClN6O3. The minimum atomic E-state index is -0.0887. The van der Waals surface area contributed by atoms with E-state index >= 15 is 0 Å². The van der Waals surface area contributed by atoms with Crippen LogP contribution in [0.4, 0.5) is 11.6 Å². The lowest BCUT2D eigenvalue weighted by atomic mass is 10.1. The second-order valence-electron chi connectivity index (χ2n) is 8.76. The van der Waals surface area contributed by atoms with Crippen LogP contribution in [0.5, 0.6) is 0 Å². The van der Waals surface area contributed by atoms with Crippen LogP contribution in [0.3, 0.4) is 0 Å². The predicted octanol–water partition coefficient (Wildman–Crippen LogP) is 3.51. The molecule has 1 saturated heterocycles. The molecule has 0 bridgehead atoms. The van der Waals surface area contributed by atoms with E-state index in [-0.39, 0.29) is 17.6 Å². The summed E-state index contributed by atoms with van der Waals surface area (Å²) in [5, 5.41) is 6.64. The summed E-state index contributed by atoms with van der Waals surface area (Å²) in [6.45, 7) is 6.27. The molecule has 9 nitrogen and oxygen atoms in total. The van der Waals surface area contributed by atoms with E-state index in [9.17, 15) is 14.4 Å². The number of rotatable bonds is 8. The number of carbonyl (C=O) groups is 3. The molecule has 37 heavy (non-hydrogen) atoms. The number of anilines is 2. The zero-order chi connectivity index (χ0) is 26.4. The number of aromatic nitrogens is 2. The third-order valence-corrected chi connectivity index (χ3v) is 6.30. The van der Waals surface area contributed by atoms with Gasteiger partial charge in [-0.3, -0.25) is 14.4 Å². The van der Waals surface area contributed by atoms with Crippen molar-refractivity contribution in [2.75, 3.05) is 49.5 Å². The summed E-state index contributed by atoms with van der Waals surface area (Å²) in [4.78, 5) is 49.1. The molecule has 1 aliphatic rings. The number of Topliss-reactive ketones (excluding diaryl/α,β-unsaturated/α-hetero) is 1. The van der Waals surface area contributed by atoms with Gasteiger partial charge in [-0.2, -0.15) is 0 Å². The molecule has 0 spiro atoms. The molecule has 2 aromatic carbocycles. The summed E-state index contributed by atoms with van der Waals surface area (Å²) in [5.74, 6) is 1.78. The van der Waals surface area contributed by atoms with Crippen LogP contribution in [-0.4, -0.2) is 71.7 Å². The van der Waals surface area contributed by atoms with Crippen molar-refractivity contribution in [1.82, 2.24) is 20.2 Å². The number of hydrogen-bond donors (Lipinski definition) is 2. The van der Waals surface area contributed by atoms with E-state index in [0.717, 1.165) is 11.4 Å². The van der Waals surface area contributed by atoms with Gasteiger partial charge < -0.3 is 20.4 Å². The monoisotopic (exact) mass is 520 g/mol. The predicted molar refractivity (Wildman–Crippen MR) is 144 cm³/mol. The number of hydrogen-bond acceptors (Lipinski definition) is 7. The first-order valence-electron chi connectivity index (χ1n) is 12.1. The highest BCUT2D eigenvalue weighted by atomic mass is 35.5. The van der Waals surface area contributed by atoms with E-state index in [2.05, 4.69) is 20.5 Å². The van der Waals surface area contributed by atoms with Crippen molar-refractivity contribution in [3.05, 3.63) is 70.7 Å². The maximum absolute atomic E-state index is 13.0. The second kappa shape index (κ2) is 11.8. The van der Waals surface area contributed by atoms with Gasteiger partial charge in [0.15, 0.2) is 11.6 Å². The molecule has 1 aromatic heterocycles. The molecule has 1 aliphatic heterocycles. The summed E-state index contributed by atoms with van der Waals surface area (Å²) in [6, 6.07) is 16.0. The third-order valence-electron chi connectivity index (χ3n) is 6.05. The van der Waals surface area contributed by atoms with E-state index in [1.54, 1.807) is 36.4 Å². The fraction of sp³-hybridized carbons (Fsp3) is 0.296. The summed E-state index contributed by atoms with van der Waals surface area (Å²) >= 11 is 6.06. The second-order valence-corrected chi connectivity index (χ2v) is 9.20. The number of nitrogens with one attached hydrogen (secondary N) is 2. The van der Waals surface area contributed by atoms with Crippen molar-refractivity contribution in [2.24, 2.45) is 0 Å². The minimum absolute atomic E-state index is 0.0283. The Bertz CT molecular complexity index is 1270. The van der Waals surface area contributed by atoms with E-state index in [0.29, 0.717) is 67.1 Å². The summed E-state index contributed by atoms with van der Waals surface area (Å²) < 4.78 is 0. The Hall–Kier alpha value is -3.98. The molecule has 0 atom stereocenters. The van der Waals surface area contributed by atoms with Crippen LogP contribution in [-0.2, 0) is 4.79 Å². The Kier molecular flexibility index (Phi) is 8.35. The van der Waals surface area contributed by atoms with Crippen molar-refractivity contribution in [3.8, 4) is 11.4 Å². The van der Waals surface area contributed by atoms with Gasteiger partial charge in [-0.1, -0.05) is 23.7 Å². The topological polar surface area (TPSA) is 108 Å². The zero-order valence-corrected chi connectivity index (χ0v) is 21.6. The van der Waals surface area contributed by atoms with Gasteiger partial charge in [0.05, 0.1) is 0 Å². The SMILES string of the molecule is CC(=O)NCCNc1cc(N2CCN(C(=O)c3ccc(C(C)=O)cc3)CC2)nc(-c2ccc(Cl)cc2)n1. The third kappa shape index (κ3) is 6.83. The summed E-state index contributed by atoms with van der Waals surface area (Å²) in [7, 11) is 0. The maximum atomic E-state index is 13.0. The summed E-state index contributed by atoms with van der Waals surface area (Å²) in [5.41, 5.74) is 1.98. The van der Waals surface area contributed by atoms with E-state index in [1.165, 1.54) is 13.8 Å². The highest BCUT2D eigenvalue weighted by Crippen LogP contribution is 2.25. The first kappa shape index (κ1) is 26.1. The number of nitrogens with zero attached hydrogens (tertiary/aromatic N) is 4. The molecule has 192 valence electrons. The largest absolute Gasteiger partial charge is 0.368 e. The van der Waals surface area contributed by atoms with E-state index < -0.39 is 0 Å². The Morgan fingerprint density at radius 3 is 2.14 bits per heavy atom. The van der Waals surface area contributed by atoms with Crippen molar-refractivity contribution in [1.29, 1.82) is 0 Å². The van der Waals surface area contributed by atoms with Crippen LogP contribution in [0.15, 0.2) is 54.6 Å². The van der Waals surface area contributed by atoms with Crippen molar-refractivity contribution >= 4 is 40.8 Å². The molecule has 0 unspecified atom stereocenters. The Balaban J connectivity index is 1.48. The molecule has 0 aliphatic carbocycles. The number of amides is 2. The van der Waals surface area contributed by atoms with Crippen LogP contribution in [0, 0.1) is 0 Å². The standard InChI is InChI=1S/C27H29ClN6O3/c1-18(35)20-3-5-22(6-4-20)27(37)34-15-13-33(14-16-34)25-17-24(30-12-11-29-19(2)36)31-26(32-25)21-7-9-23(28)10-8-21/h3-10,17H,11-16H2,1-2H3,(H,29,36)(H,30,31,32). The van der Waals surface area contributed by atoms with Crippen LogP contribution >= 0.6 is 11.6 Å². The highest BCUT2D eigenvalue weighted by molar-refractivity contribution is 6.30. The molecule has 2 amide bonds. The lowest BCUT2D eigenvalue weighted by Crippen LogP contribution is -2.49. The molecule has 10 heteroatoms. The molecule has 1 fully saturated rings. The molecule has 0 radical (unpaired) electrons. The van der Waals surface area contributed by atoms with Gasteiger partial charge in [-0.25, -0.2) is 9.97 Å². The molecule has 3 aromatic rings. The first-order valence-corrected chi connectivity index (χ1v) is 12.5. The average Bonchev–Trinajstić information content (AvgIpc) is 2.91.